The molecule has 1 heterocycles. The van der Waals surface area contributed by atoms with Gasteiger partial charge in [-0.2, -0.15) is 0 Å². The first-order valence-electron chi connectivity index (χ1n) is 6.02. The second-order valence-electron chi connectivity index (χ2n) is 5.40. The van der Waals surface area contributed by atoms with Crippen LogP contribution in [0.3, 0.4) is 0 Å². The summed E-state index contributed by atoms with van der Waals surface area (Å²) in [5, 5.41) is 15.3. The third kappa shape index (κ3) is 2.86. The van der Waals surface area contributed by atoms with Crippen LogP contribution in [-0.4, -0.2) is 48.7 Å². The first kappa shape index (κ1) is 11.7. The zero-order valence-electron chi connectivity index (χ0n) is 9.95. The molecule has 2 aliphatic rings. The Morgan fingerprint density at radius 2 is 2.38 bits per heavy atom. The highest BCUT2D eigenvalue weighted by Gasteiger charge is 2.43. The van der Waals surface area contributed by atoms with Crippen LogP contribution in [0.5, 0.6) is 0 Å². The molecule has 4 N–H and O–H groups in total. The minimum absolute atomic E-state index is 0.275. The standard InChI is InChI=1S/C11H22N4O/c1-15-5-2-9(7-15)13-8-11(3-4-11)6-10(12)14-16/h9,13,16H,2-8H2,1H3,(H2,12,14). The van der Waals surface area contributed by atoms with Gasteiger partial charge in [0, 0.05) is 25.6 Å². The summed E-state index contributed by atoms with van der Waals surface area (Å²) in [6, 6.07) is 0.620. The maximum absolute atomic E-state index is 8.58. The number of hydrogen-bond donors (Lipinski definition) is 3. The summed E-state index contributed by atoms with van der Waals surface area (Å²) < 4.78 is 0. The van der Waals surface area contributed by atoms with Gasteiger partial charge in [0.1, 0.15) is 5.84 Å². The molecule has 1 aliphatic carbocycles. The van der Waals surface area contributed by atoms with Crippen molar-refractivity contribution in [3.63, 3.8) is 0 Å². The van der Waals surface area contributed by atoms with Gasteiger partial charge in [0.15, 0.2) is 0 Å². The van der Waals surface area contributed by atoms with Gasteiger partial charge in [-0.15, -0.1) is 0 Å². The number of hydrogen-bond acceptors (Lipinski definition) is 4. The van der Waals surface area contributed by atoms with E-state index in [1.165, 1.54) is 25.8 Å². The zero-order valence-corrected chi connectivity index (χ0v) is 9.95. The molecule has 0 aromatic rings. The number of amidine groups is 1. The maximum Gasteiger partial charge on any atom is 0.139 e. The van der Waals surface area contributed by atoms with Gasteiger partial charge >= 0.3 is 0 Å². The van der Waals surface area contributed by atoms with Gasteiger partial charge in [-0.3, -0.25) is 0 Å². The fourth-order valence-electron chi connectivity index (χ4n) is 2.47. The van der Waals surface area contributed by atoms with E-state index in [1.54, 1.807) is 0 Å². The normalized spacial score (nSPS) is 29.6. The number of nitrogens with one attached hydrogen (secondary N) is 1. The molecule has 5 heteroatoms. The smallest absolute Gasteiger partial charge is 0.139 e. The lowest BCUT2D eigenvalue weighted by Crippen LogP contribution is -2.37. The van der Waals surface area contributed by atoms with Crippen LogP contribution in [0.2, 0.25) is 0 Å². The van der Waals surface area contributed by atoms with Crippen molar-refractivity contribution in [1.82, 2.24) is 10.2 Å². The molecule has 92 valence electrons. The Bertz CT molecular complexity index is 275. The van der Waals surface area contributed by atoms with E-state index in [1.807, 2.05) is 0 Å². The summed E-state index contributed by atoms with van der Waals surface area (Å²) in [5.41, 5.74) is 5.84. The highest BCUT2D eigenvalue weighted by molar-refractivity contribution is 5.80. The molecule has 1 unspecified atom stereocenters. The van der Waals surface area contributed by atoms with Gasteiger partial charge in [0.2, 0.25) is 0 Å². The molecule has 2 rings (SSSR count). The van der Waals surface area contributed by atoms with Crippen molar-refractivity contribution >= 4 is 5.84 Å². The number of likely N-dealkylation sites (tertiary alicyclic amines) is 1. The lowest BCUT2D eigenvalue weighted by atomic mass is 10.0. The van der Waals surface area contributed by atoms with Crippen LogP contribution < -0.4 is 11.1 Å². The van der Waals surface area contributed by atoms with E-state index < -0.39 is 0 Å². The molecule has 1 saturated heterocycles. The van der Waals surface area contributed by atoms with E-state index in [-0.39, 0.29) is 5.41 Å². The Morgan fingerprint density at radius 1 is 1.62 bits per heavy atom. The summed E-state index contributed by atoms with van der Waals surface area (Å²) >= 11 is 0. The molecular formula is C11H22N4O. The highest BCUT2D eigenvalue weighted by atomic mass is 16.4. The highest BCUT2D eigenvalue weighted by Crippen LogP contribution is 2.48. The molecule has 1 atom stereocenters. The average molecular weight is 226 g/mol. The van der Waals surface area contributed by atoms with Crippen LogP contribution >= 0.6 is 0 Å². The van der Waals surface area contributed by atoms with Crippen LogP contribution in [0.1, 0.15) is 25.7 Å². The molecule has 1 saturated carbocycles. The molecular weight excluding hydrogens is 204 g/mol. The minimum Gasteiger partial charge on any atom is -0.409 e. The molecule has 0 bridgehead atoms. The number of nitrogens with two attached hydrogens (primary N) is 1. The average Bonchev–Trinajstić information content (AvgIpc) is 2.90. The molecule has 0 spiro atoms. The van der Waals surface area contributed by atoms with E-state index in [2.05, 4.69) is 22.4 Å². The van der Waals surface area contributed by atoms with Gasteiger partial charge in [0.05, 0.1) is 0 Å². The van der Waals surface area contributed by atoms with Crippen molar-refractivity contribution < 1.29 is 5.21 Å². The maximum atomic E-state index is 8.58. The Morgan fingerprint density at radius 3 is 2.88 bits per heavy atom. The Balaban J connectivity index is 1.73. The van der Waals surface area contributed by atoms with Crippen LogP contribution in [-0.2, 0) is 0 Å². The molecule has 16 heavy (non-hydrogen) atoms. The summed E-state index contributed by atoms with van der Waals surface area (Å²) in [4.78, 5) is 2.35. The fourth-order valence-corrected chi connectivity index (χ4v) is 2.47. The Labute approximate surface area is 96.7 Å². The van der Waals surface area contributed by atoms with Crippen molar-refractivity contribution in [3.05, 3.63) is 0 Å². The Kier molecular flexibility index (Phi) is 3.35. The third-order valence-electron chi connectivity index (χ3n) is 3.80. The lowest BCUT2D eigenvalue weighted by Gasteiger charge is -2.19. The van der Waals surface area contributed by atoms with Crippen LogP contribution in [0.25, 0.3) is 0 Å². The van der Waals surface area contributed by atoms with Crippen LogP contribution in [0.4, 0.5) is 0 Å². The van der Waals surface area contributed by atoms with Gasteiger partial charge in [-0.05, 0) is 38.3 Å². The monoisotopic (exact) mass is 226 g/mol. The van der Waals surface area contributed by atoms with Crippen molar-refractivity contribution in [1.29, 1.82) is 0 Å². The molecule has 1 aliphatic heterocycles. The van der Waals surface area contributed by atoms with Gasteiger partial charge in [-0.25, -0.2) is 0 Å². The largest absolute Gasteiger partial charge is 0.409 e. The summed E-state index contributed by atoms with van der Waals surface area (Å²) in [6.45, 7) is 3.33. The SMILES string of the molecule is CN1CCC(NCC2(CC(N)=NO)CC2)C1. The van der Waals surface area contributed by atoms with E-state index in [0.29, 0.717) is 11.9 Å². The first-order chi connectivity index (χ1) is 7.63. The van der Waals surface area contributed by atoms with E-state index in [9.17, 15) is 0 Å². The number of likely N-dealkylation sites (N-methyl/N-ethyl adjacent to an activating group) is 1. The summed E-state index contributed by atoms with van der Waals surface area (Å²) in [5.74, 6) is 0.364. The summed E-state index contributed by atoms with van der Waals surface area (Å²) in [6.07, 6.45) is 4.34. The quantitative estimate of drug-likeness (QED) is 0.271. The second-order valence-corrected chi connectivity index (χ2v) is 5.40. The van der Waals surface area contributed by atoms with Crippen molar-refractivity contribution in [3.8, 4) is 0 Å². The van der Waals surface area contributed by atoms with Crippen LogP contribution in [0, 0.1) is 5.41 Å². The fraction of sp³-hybridized carbons (Fsp3) is 0.909. The third-order valence-corrected chi connectivity index (χ3v) is 3.80. The van der Waals surface area contributed by atoms with Crippen molar-refractivity contribution in [2.24, 2.45) is 16.3 Å². The van der Waals surface area contributed by atoms with Gasteiger partial charge in [-0.1, -0.05) is 5.16 Å². The van der Waals surface area contributed by atoms with Gasteiger partial charge < -0.3 is 21.2 Å². The topological polar surface area (TPSA) is 73.9 Å². The number of rotatable bonds is 5. The molecule has 5 nitrogen and oxygen atoms in total. The molecule has 0 aromatic heterocycles. The summed E-state index contributed by atoms with van der Waals surface area (Å²) in [7, 11) is 2.16. The van der Waals surface area contributed by atoms with E-state index in [4.69, 9.17) is 10.9 Å². The van der Waals surface area contributed by atoms with Crippen molar-refractivity contribution in [2.45, 2.75) is 31.7 Å². The predicted octanol–water partition coefficient (Wildman–Crippen LogP) is 0.197. The van der Waals surface area contributed by atoms with Gasteiger partial charge in [0.25, 0.3) is 0 Å². The van der Waals surface area contributed by atoms with Crippen molar-refractivity contribution in [2.75, 3.05) is 26.7 Å². The van der Waals surface area contributed by atoms with Crippen LogP contribution in [0.15, 0.2) is 5.16 Å². The molecule has 0 aromatic carbocycles. The molecule has 2 fully saturated rings. The first-order valence-corrected chi connectivity index (χ1v) is 6.02. The number of nitrogens with zero attached hydrogens (tertiary/aromatic N) is 2. The molecule has 0 amide bonds. The Hall–Kier alpha value is -0.810. The zero-order chi connectivity index (χ0) is 11.6. The van der Waals surface area contributed by atoms with E-state index in [0.717, 1.165) is 19.5 Å². The molecule has 0 radical (unpaired) electrons. The second kappa shape index (κ2) is 4.59. The van der Waals surface area contributed by atoms with E-state index >= 15 is 0 Å². The minimum atomic E-state index is 0.275. The number of oxime groups is 1. The lowest BCUT2D eigenvalue weighted by molar-refractivity contribution is 0.313. The predicted molar refractivity (Wildman–Crippen MR) is 63.6 cm³/mol.